The molecule has 3 rings (SSSR count). The quantitative estimate of drug-likeness (QED) is 0.714. The molecule has 1 amide bonds. The fraction of sp³-hybridized carbons (Fsp3) is 0.800. The Kier molecular flexibility index (Phi) is 3.46. The molecule has 0 aromatic carbocycles. The van der Waals surface area contributed by atoms with Crippen molar-refractivity contribution in [3.8, 4) is 0 Å². The molecule has 1 aliphatic heterocycles. The summed E-state index contributed by atoms with van der Waals surface area (Å²) in [5.74, 6) is 0.529. The Morgan fingerprint density at radius 1 is 1.39 bits per heavy atom. The van der Waals surface area contributed by atoms with Crippen molar-refractivity contribution in [1.29, 1.82) is 0 Å². The lowest BCUT2D eigenvalue weighted by Crippen LogP contribution is -2.41. The Morgan fingerprint density at radius 2 is 2.17 bits per heavy atom. The number of hydrogen-bond acceptors (Lipinski definition) is 6. The van der Waals surface area contributed by atoms with E-state index in [4.69, 9.17) is 4.74 Å². The van der Waals surface area contributed by atoms with Crippen LogP contribution in [-0.2, 0) is 9.53 Å². The number of carbonyl (C=O) groups is 1. The van der Waals surface area contributed by atoms with E-state index >= 15 is 0 Å². The number of nitrogens with zero attached hydrogens (tertiary/aromatic N) is 5. The van der Waals surface area contributed by atoms with Gasteiger partial charge in [-0.2, -0.15) is 0 Å². The van der Waals surface area contributed by atoms with Crippen LogP contribution in [0.25, 0.3) is 0 Å². The van der Waals surface area contributed by atoms with Gasteiger partial charge in [0.05, 0.1) is 25.0 Å². The van der Waals surface area contributed by atoms with Crippen LogP contribution < -0.4 is 0 Å². The molecule has 18 heavy (non-hydrogen) atoms. The molecular formula is C10H15N5O2S. The Labute approximate surface area is 109 Å². The Bertz CT molecular complexity index is 428. The van der Waals surface area contributed by atoms with Gasteiger partial charge in [0, 0.05) is 13.1 Å². The van der Waals surface area contributed by atoms with Gasteiger partial charge < -0.3 is 9.64 Å². The smallest absolute Gasteiger partial charge is 0.233 e. The molecule has 1 saturated heterocycles. The van der Waals surface area contributed by atoms with Crippen LogP contribution >= 0.6 is 11.8 Å². The first-order valence-corrected chi connectivity index (χ1v) is 7.09. The maximum atomic E-state index is 12.0. The predicted octanol–water partition coefficient (Wildman–Crippen LogP) is -0.0411. The molecule has 0 bridgehead atoms. The second kappa shape index (κ2) is 5.23. The zero-order valence-corrected chi connectivity index (χ0v) is 10.8. The topological polar surface area (TPSA) is 73.1 Å². The Hall–Kier alpha value is -1.15. The summed E-state index contributed by atoms with van der Waals surface area (Å²) in [6, 6.07) is 0.445. The van der Waals surface area contributed by atoms with Crippen LogP contribution in [0.2, 0.25) is 0 Å². The summed E-state index contributed by atoms with van der Waals surface area (Å²) in [4.78, 5) is 13.8. The van der Waals surface area contributed by atoms with Crippen LogP contribution in [0, 0.1) is 0 Å². The van der Waals surface area contributed by atoms with Gasteiger partial charge in [0.2, 0.25) is 11.1 Å². The minimum atomic E-state index is 0.133. The van der Waals surface area contributed by atoms with E-state index in [1.54, 1.807) is 0 Å². The van der Waals surface area contributed by atoms with Gasteiger partial charge in [0.15, 0.2) is 0 Å². The normalized spacial score (nSPS) is 20.1. The number of thioether (sulfide) groups is 1. The SMILES string of the molecule is O=C(CSc1nnnn1C1CC1)N1CCOCC1. The molecule has 1 aromatic rings. The van der Waals surface area contributed by atoms with E-state index < -0.39 is 0 Å². The van der Waals surface area contributed by atoms with E-state index in [1.165, 1.54) is 11.8 Å². The molecule has 1 aromatic heterocycles. The third-order valence-corrected chi connectivity index (χ3v) is 3.96. The summed E-state index contributed by atoms with van der Waals surface area (Å²) in [6.45, 7) is 2.65. The zero-order valence-electron chi connectivity index (χ0n) is 9.99. The average molecular weight is 269 g/mol. The van der Waals surface area contributed by atoms with E-state index in [1.807, 2.05) is 9.58 Å². The lowest BCUT2D eigenvalue weighted by Gasteiger charge is -2.26. The fourth-order valence-corrected chi connectivity index (χ4v) is 2.71. The summed E-state index contributed by atoms with van der Waals surface area (Å²) in [5.41, 5.74) is 0. The summed E-state index contributed by atoms with van der Waals surface area (Å²) in [6.07, 6.45) is 2.27. The van der Waals surface area contributed by atoms with Gasteiger partial charge in [0.1, 0.15) is 0 Å². The van der Waals surface area contributed by atoms with Crippen LogP contribution in [0.5, 0.6) is 0 Å². The lowest BCUT2D eigenvalue weighted by molar-refractivity contribution is -0.132. The number of carbonyl (C=O) groups excluding carboxylic acids is 1. The van der Waals surface area contributed by atoms with E-state index in [0.717, 1.165) is 18.0 Å². The van der Waals surface area contributed by atoms with Crippen LogP contribution in [0.4, 0.5) is 0 Å². The third-order valence-electron chi connectivity index (χ3n) is 3.04. The third kappa shape index (κ3) is 2.64. The van der Waals surface area contributed by atoms with E-state index in [0.29, 0.717) is 38.1 Å². The van der Waals surface area contributed by atoms with Gasteiger partial charge in [-0.1, -0.05) is 11.8 Å². The molecule has 8 heteroatoms. The molecule has 1 saturated carbocycles. The molecule has 7 nitrogen and oxygen atoms in total. The largest absolute Gasteiger partial charge is 0.378 e. The van der Waals surface area contributed by atoms with Gasteiger partial charge in [0.25, 0.3) is 0 Å². The van der Waals surface area contributed by atoms with Gasteiger partial charge >= 0.3 is 0 Å². The summed E-state index contributed by atoms with van der Waals surface area (Å²) in [5, 5.41) is 12.3. The second-order valence-electron chi connectivity index (χ2n) is 4.42. The van der Waals surface area contributed by atoms with Crippen molar-refractivity contribution in [3.63, 3.8) is 0 Å². The molecule has 2 fully saturated rings. The Morgan fingerprint density at radius 3 is 2.89 bits per heavy atom. The minimum Gasteiger partial charge on any atom is -0.378 e. The van der Waals surface area contributed by atoms with Crippen LogP contribution in [0.3, 0.4) is 0 Å². The highest BCUT2D eigenvalue weighted by atomic mass is 32.2. The number of tetrazole rings is 1. The molecule has 1 aliphatic carbocycles. The second-order valence-corrected chi connectivity index (χ2v) is 5.36. The highest BCUT2D eigenvalue weighted by Gasteiger charge is 2.28. The molecule has 0 unspecified atom stereocenters. The first-order valence-electron chi connectivity index (χ1n) is 6.11. The zero-order chi connectivity index (χ0) is 12.4. The van der Waals surface area contributed by atoms with Crippen molar-refractivity contribution in [2.45, 2.75) is 24.0 Å². The summed E-state index contributed by atoms with van der Waals surface area (Å²) >= 11 is 1.42. The molecule has 0 spiro atoms. The van der Waals surface area contributed by atoms with E-state index in [9.17, 15) is 4.79 Å². The number of rotatable bonds is 4. The number of aromatic nitrogens is 4. The van der Waals surface area contributed by atoms with Crippen molar-refractivity contribution in [2.75, 3.05) is 32.1 Å². The summed E-state index contributed by atoms with van der Waals surface area (Å²) < 4.78 is 7.05. The van der Waals surface area contributed by atoms with Gasteiger partial charge in [-0.05, 0) is 23.3 Å². The summed E-state index contributed by atoms with van der Waals surface area (Å²) in [7, 11) is 0. The predicted molar refractivity (Wildman–Crippen MR) is 64.2 cm³/mol. The highest BCUT2D eigenvalue weighted by molar-refractivity contribution is 7.99. The number of amides is 1. The van der Waals surface area contributed by atoms with Crippen molar-refractivity contribution in [3.05, 3.63) is 0 Å². The van der Waals surface area contributed by atoms with Gasteiger partial charge in [-0.25, -0.2) is 4.68 Å². The van der Waals surface area contributed by atoms with Crippen molar-refractivity contribution >= 4 is 17.7 Å². The van der Waals surface area contributed by atoms with Crippen molar-refractivity contribution in [1.82, 2.24) is 25.1 Å². The first-order chi connectivity index (χ1) is 8.84. The monoisotopic (exact) mass is 269 g/mol. The molecule has 0 atom stereocenters. The first kappa shape index (κ1) is 11.9. The standard InChI is InChI=1S/C10H15N5O2S/c16-9(14-3-5-17-6-4-14)7-18-10-11-12-13-15(10)8-1-2-8/h8H,1-7H2. The molecule has 2 aliphatic rings. The highest BCUT2D eigenvalue weighted by Crippen LogP contribution is 2.36. The molecule has 2 heterocycles. The molecule has 0 N–H and O–H groups in total. The van der Waals surface area contributed by atoms with Crippen LogP contribution in [0.1, 0.15) is 18.9 Å². The number of ether oxygens (including phenoxy) is 1. The van der Waals surface area contributed by atoms with E-state index in [2.05, 4.69) is 15.5 Å². The van der Waals surface area contributed by atoms with Crippen LogP contribution in [0.15, 0.2) is 5.16 Å². The minimum absolute atomic E-state index is 0.133. The molecule has 0 radical (unpaired) electrons. The van der Waals surface area contributed by atoms with Gasteiger partial charge in [-0.15, -0.1) is 5.10 Å². The van der Waals surface area contributed by atoms with Crippen molar-refractivity contribution < 1.29 is 9.53 Å². The maximum Gasteiger partial charge on any atom is 0.233 e. The Balaban J connectivity index is 1.53. The maximum absolute atomic E-state index is 12.0. The van der Waals surface area contributed by atoms with Crippen LogP contribution in [-0.4, -0.2) is 63.1 Å². The fourth-order valence-electron chi connectivity index (χ4n) is 1.86. The van der Waals surface area contributed by atoms with E-state index in [-0.39, 0.29) is 5.91 Å². The van der Waals surface area contributed by atoms with Crippen molar-refractivity contribution in [2.24, 2.45) is 0 Å². The molecular weight excluding hydrogens is 254 g/mol. The molecule has 98 valence electrons. The number of morpholine rings is 1. The lowest BCUT2D eigenvalue weighted by atomic mass is 10.4. The number of hydrogen-bond donors (Lipinski definition) is 0. The van der Waals surface area contributed by atoms with Gasteiger partial charge in [-0.3, -0.25) is 4.79 Å². The average Bonchev–Trinajstić information content (AvgIpc) is 3.16.